The van der Waals surface area contributed by atoms with Crippen LogP contribution >= 0.6 is 0 Å². The van der Waals surface area contributed by atoms with Gasteiger partial charge < -0.3 is 10.1 Å². The summed E-state index contributed by atoms with van der Waals surface area (Å²) < 4.78 is 92.6. The summed E-state index contributed by atoms with van der Waals surface area (Å²) in [5.74, 6) is -5.71. The minimum absolute atomic E-state index is 0.191. The molecule has 0 heterocycles. The molecule has 1 amide bonds. The van der Waals surface area contributed by atoms with Gasteiger partial charge in [0.15, 0.2) is 0 Å². The molecule has 0 saturated carbocycles. The van der Waals surface area contributed by atoms with Crippen molar-refractivity contribution in [3.8, 4) is 0 Å². The lowest BCUT2D eigenvalue weighted by Crippen LogP contribution is -2.26. The molecule has 0 aliphatic rings. The zero-order valence-electron chi connectivity index (χ0n) is 17.5. The SMILES string of the molecule is O=C(OC(C(=O)Nc1cccc(C(F)(F)F)c1)c1ccccc1)c1ccc(S(=O)(=O)C(F)F)cc1. The van der Waals surface area contributed by atoms with Crippen LogP contribution < -0.4 is 5.32 Å². The highest BCUT2D eigenvalue weighted by atomic mass is 32.2. The quantitative estimate of drug-likeness (QED) is 0.345. The van der Waals surface area contributed by atoms with Crippen LogP contribution in [-0.4, -0.2) is 26.1 Å². The Labute approximate surface area is 196 Å². The van der Waals surface area contributed by atoms with Crippen molar-refractivity contribution in [1.82, 2.24) is 0 Å². The number of esters is 1. The second kappa shape index (κ2) is 10.2. The van der Waals surface area contributed by atoms with Gasteiger partial charge in [0.1, 0.15) is 0 Å². The summed E-state index contributed by atoms with van der Waals surface area (Å²) in [6.45, 7) is 0. The van der Waals surface area contributed by atoms with E-state index in [0.29, 0.717) is 6.07 Å². The lowest BCUT2D eigenvalue weighted by molar-refractivity contribution is -0.137. The van der Waals surface area contributed by atoms with Crippen molar-refractivity contribution in [1.29, 1.82) is 0 Å². The number of alkyl halides is 5. The molecule has 6 nitrogen and oxygen atoms in total. The van der Waals surface area contributed by atoms with E-state index in [1.165, 1.54) is 30.3 Å². The van der Waals surface area contributed by atoms with Crippen molar-refractivity contribution in [2.24, 2.45) is 0 Å². The standard InChI is InChI=1S/C23H16F5NO5S/c24-22(25)35(32,33)18-11-9-15(10-12-18)21(31)34-19(14-5-2-1-3-6-14)20(30)29-17-8-4-7-16(13-17)23(26,27)28/h1-13,19,22H,(H,29,30). The van der Waals surface area contributed by atoms with Gasteiger partial charge in [-0.25, -0.2) is 13.2 Å². The normalized spacial score (nSPS) is 12.7. The Morgan fingerprint density at radius 1 is 0.857 bits per heavy atom. The van der Waals surface area contributed by atoms with E-state index in [4.69, 9.17) is 4.74 Å². The fourth-order valence-corrected chi connectivity index (χ4v) is 3.66. The monoisotopic (exact) mass is 513 g/mol. The van der Waals surface area contributed by atoms with Gasteiger partial charge in [-0.2, -0.15) is 22.0 Å². The van der Waals surface area contributed by atoms with Gasteiger partial charge in [0.2, 0.25) is 15.9 Å². The molecule has 3 rings (SSSR count). The van der Waals surface area contributed by atoms with Gasteiger partial charge in [-0.15, -0.1) is 0 Å². The van der Waals surface area contributed by atoms with Gasteiger partial charge in [0.25, 0.3) is 5.91 Å². The number of rotatable bonds is 7. The number of hydrogen-bond acceptors (Lipinski definition) is 5. The molecule has 12 heteroatoms. The van der Waals surface area contributed by atoms with Crippen molar-refractivity contribution in [3.63, 3.8) is 0 Å². The molecule has 35 heavy (non-hydrogen) atoms. The lowest BCUT2D eigenvalue weighted by Gasteiger charge is -2.19. The van der Waals surface area contributed by atoms with Gasteiger partial charge in [-0.05, 0) is 42.5 Å². The van der Waals surface area contributed by atoms with Crippen molar-refractivity contribution in [2.45, 2.75) is 22.9 Å². The molecule has 0 aromatic heterocycles. The number of halogens is 5. The maximum absolute atomic E-state index is 13.0. The minimum Gasteiger partial charge on any atom is -0.444 e. The summed E-state index contributed by atoms with van der Waals surface area (Å²) in [5.41, 5.74) is -1.24. The lowest BCUT2D eigenvalue weighted by atomic mass is 10.1. The van der Waals surface area contributed by atoms with Crippen LogP contribution in [0.25, 0.3) is 0 Å². The second-order valence-electron chi connectivity index (χ2n) is 7.09. The van der Waals surface area contributed by atoms with Crippen molar-refractivity contribution in [2.75, 3.05) is 5.32 Å². The van der Waals surface area contributed by atoms with E-state index in [1.54, 1.807) is 6.07 Å². The van der Waals surface area contributed by atoms with Gasteiger partial charge in [0, 0.05) is 11.3 Å². The highest BCUT2D eigenvalue weighted by Gasteiger charge is 2.32. The summed E-state index contributed by atoms with van der Waals surface area (Å²) in [6.07, 6.45) is -6.24. The van der Waals surface area contributed by atoms with Gasteiger partial charge in [-0.1, -0.05) is 36.4 Å². The van der Waals surface area contributed by atoms with E-state index >= 15 is 0 Å². The Bertz CT molecular complexity index is 1310. The molecule has 0 aliphatic heterocycles. The zero-order valence-corrected chi connectivity index (χ0v) is 18.3. The summed E-state index contributed by atoms with van der Waals surface area (Å²) in [4.78, 5) is 24.8. The average molecular weight is 513 g/mol. The summed E-state index contributed by atoms with van der Waals surface area (Å²) in [7, 11) is -4.88. The molecule has 0 fully saturated rings. The Morgan fingerprint density at radius 3 is 2.06 bits per heavy atom. The Kier molecular flexibility index (Phi) is 7.54. The first-order valence-corrected chi connectivity index (χ1v) is 11.3. The molecular weight excluding hydrogens is 497 g/mol. The average Bonchev–Trinajstić information content (AvgIpc) is 2.82. The van der Waals surface area contributed by atoms with Crippen molar-refractivity contribution < 1.29 is 44.7 Å². The molecule has 0 spiro atoms. The molecule has 3 aromatic carbocycles. The molecule has 0 aliphatic carbocycles. The number of carbonyl (C=O) groups is 2. The summed E-state index contributed by atoms with van der Waals surface area (Å²) in [6, 6.07) is 14.9. The van der Waals surface area contributed by atoms with Crippen LogP contribution in [0.5, 0.6) is 0 Å². The van der Waals surface area contributed by atoms with Crippen LogP contribution in [-0.2, 0) is 25.5 Å². The van der Waals surface area contributed by atoms with Crippen molar-refractivity contribution in [3.05, 3.63) is 95.6 Å². The molecule has 0 bridgehead atoms. The predicted octanol–water partition coefficient (Wildman–Crippen LogP) is 5.24. The molecule has 1 unspecified atom stereocenters. The predicted molar refractivity (Wildman–Crippen MR) is 114 cm³/mol. The summed E-state index contributed by atoms with van der Waals surface area (Å²) in [5, 5.41) is 2.27. The van der Waals surface area contributed by atoms with Crippen LogP contribution in [0.1, 0.15) is 27.6 Å². The number of carbonyl (C=O) groups excluding carboxylic acids is 2. The number of hydrogen-bond donors (Lipinski definition) is 1. The first-order valence-electron chi connectivity index (χ1n) is 9.76. The molecule has 184 valence electrons. The number of amides is 1. The molecule has 0 radical (unpaired) electrons. The Balaban J connectivity index is 1.85. The van der Waals surface area contributed by atoms with Crippen LogP contribution in [0, 0.1) is 0 Å². The largest absolute Gasteiger partial charge is 0.444 e. The number of nitrogens with one attached hydrogen (secondary N) is 1. The molecule has 1 N–H and O–H groups in total. The summed E-state index contributed by atoms with van der Waals surface area (Å²) >= 11 is 0. The van der Waals surface area contributed by atoms with Crippen LogP contribution in [0.3, 0.4) is 0 Å². The number of ether oxygens (including phenoxy) is 1. The molecular formula is C23H16F5NO5S. The van der Waals surface area contributed by atoms with E-state index in [2.05, 4.69) is 5.32 Å². The third-order valence-corrected chi connectivity index (χ3v) is 6.07. The maximum Gasteiger partial charge on any atom is 0.416 e. The number of anilines is 1. The van der Waals surface area contributed by atoms with E-state index in [-0.39, 0.29) is 16.8 Å². The minimum atomic E-state index is -4.88. The highest BCUT2D eigenvalue weighted by molar-refractivity contribution is 7.91. The van der Waals surface area contributed by atoms with Gasteiger partial charge in [-0.3, -0.25) is 4.79 Å². The molecule has 0 saturated heterocycles. The fraction of sp³-hybridized carbons (Fsp3) is 0.130. The first-order chi connectivity index (χ1) is 16.4. The Hall–Kier alpha value is -3.80. The fourth-order valence-electron chi connectivity index (χ4n) is 2.94. The third kappa shape index (κ3) is 6.21. The van der Waals surface area contributed by atoms with Crippen molar-refractivity contribution >= 4 is 27.4 Å². The third-order valence-electron chi connectivity index (χ3n) is 4.68. The Morgan fingerprint density at radius 2 is 1.49 bits per heavy atom. The van der Waals surface area contributed by atoms with Crippen LogP contribution in [0.4, 0.5) is 27.6 Å². The second-order valence-corrected chi connectivity index (χ2v) is 9.01. The zero-order chi connectivity index (χ0) is 25.8. The van der Waals surface area contributed by atoms with E-state index < -0.39 is 50.2 Å². The van der Waals surface area contributed by atoms with E-state index in [0.717, 1.165) is 36.4 Å². The van der Waals surface area contributed by atoms with Crippen LogP contribution in [0.2, 0.25) is 0 Å². The number of benzene rings is 3. The van der Waals surface area contributed by atoms with Crippen LogP contribution in [0.15, 0.2) is 83.8 Å². The molecule has 3 aromatic rings. The van der Waals surface area contributed by atoms with E-state index in [9.17, 15) is 40.0 Å². The van der Waals surface area contributed by atoms with Gasteiger partial charge >= 0.3 is 17.9 Å². The first kappa shape index (κ1) is 25.8. The van der Waals surface area contributed by atoms with Gasteiger partial charge in [0.05, 0.1) is 16.0 Å². The van der Waals surface area contributed by atoms with E-state index in [1.807, 2.05) is 0 Å². The number of sulfone groups is 1. The molecule has 1 atom stereocenters. The smallest absolute Gasteiger partial charge is 0.416 e. The topological polar surface area (TPSA) is 89.5 Å². The highest BCUT2D eigenvalue weighted by Crippen LogP contribution is 2.31. The maximum atomic E-state index is 13.0.